The molecule has 228 valence electrons. The van der Waals surface area contributed by atoms with Crippen molar-refractivity contribution in [2.75, 3.05) is 13.1 Å². The van der Waals surface area contributed by atoms with Crippen LogP contribution in [0.1, 0.15) is 87.0 Å². The highest BCUT2D eigenvalue weighted by atomic mass is 19.4. The third kappa shape index (κ3) is 8.59. The summed E-state index contributed by atoms with van der Waals surface area (Å²) in [5.41, 5.74) is 1.22. The molecule has 3 atom stereocenters. The zero-order valence-corrected chi connectivity index (χ0v) is 24.2. The lowest BCUT2D eigenvalue weighted by Gasteiger charge is -2.34. The summed E-state index contributed by atoms with van der Waals surface area (Å²) in [6.45, 7) is 7.66. The molecule has 3 amide bonds. The van der Waals surface area contributed by atoms with E-state index in [1.807, 2.05) is 17.4 Å². The average Bonchev–Trinajstić information content (AvgIpc) is 3.76. The molecular weight excluding hydrogens is 553 g/mol. The van der Waals surface area contributed by atoms with Gasteiger partial charge in [-0.1, -0.05) is 24.3 Å². The van der Waals surface area contributed by atoms with Crippen LogP contribution in [0.3, 0.4) is 0 Å². The van der Waals surface area contributed by atoms with Gasteiger partial charge in [-0.2, -0.15) is 13.2 Å². The van der Waals surface area contributed by atoms with Gasteiger partial charge >= 0.3 is 18.2 Å². The highest BCUT2D eigenvalue weighted by molar-refractivity contribution is 5.92. The molecule has 2 unspecified atom stereocenters. The smallest absolute Gasteiger partial charge is 0.471 e. The second-order valence-electron chi connectivity index (χ2n) is 11.9. The van der Waals surface area contributed by atoms with Gasteiger partial charge in [0.1, 0.15) is 23.1 Å². The molecule has 1 saturated heterocycles. The van der Waals surface area contributed by atoms with Gasteiger partial charge < -0.3 is 25.0 Å². The van der Waals surface area contributed by atoms with Crippen molar-refractivity contribution in [1.82, 2.24) is 20.5 Å². The van der Waals surface area contributed by atoms with Gasteiger partial charge in [0.15, 0.2) is 0 Å². The Morgan fingerprint density at radius 2 is 1.71 bits per heavy atom. The summed E-state index contributed by atoms with van der Waals surface area (Å²) in [6, 6.07) is 9.05. The van der Waals surface area contributed by atoms with Crippen molar-refractivity contribution in [2.24, 2.45) is 0 Å². The molecule has 2 fully saturated rings. The first-order valence-corrected chi connectivity index (χ1v) is 14.1. The number of nitrogens with one attached hydrogen (secondary N) is 2. The number of carbonyl (C=O) groups excluding carboxylic acids is 3. The normalized spacial score (nSPS) is 18.9. The van der Waals surface area contributed by atoms with E-state index in [9.17, 15) is 27.6 Å². The zero-order chi connectivity index (χ0) is 30.7. The number of hydrogen-bond donors (Lipinski definition) is 2. The lowest BCUT2D eigenvalue weighted by Crippen LogP contribution is -2.50. The van der Waals surface area contributed by atoms with Crippen molar-refractivity contribution in [3.05, 3.63) is 59.4 Å². The number of alkyl halides is 3. The lowest BCUT2D eigenvalue weighted by atomic mass is 10.00. The maximum Gasteiger partial charge on any atom is 0.471 e. The molecule has 0 bridgehead atoms. The van der Waals surface area contributed by atoms with Crippen molar-refractivity contribution in [1.29, 1.82) is 0 Å². The number of halogens is 3. The number of hydrogen-bond acceptors (Lipinski definition) is 6. The Hall–Kier alpha value is -3.83. The summed E-state index contributed by atoms with van der Waals surface area (Å²) in [5.74, 6) is -1.78. The highest BCUT2D eigenvalue weighted by Gasteiger charge is 2.40. The second kappa shape index (κ2) is 12.6. The van der Waals surface area contributed by atoms with Crippen LogP contribution in [0, 0.1) is 0 Å². The summed E-state index contributed by atoms with van der Waals surface area (Å²) in [5, 5.41) is 4.87. The molecule has 2 aromatic rings. The molecule has 1 aromatic heterocycles. The molecule has 1 aromatic carbocycles. The predicted octanol–water partition coefficient (Wildman–Crippen LogP) is 5.28. The number of rotatable bonds is 8. The Kier molecular flexibility index (Phi) is 9.32. The molecule has 1 saturated carbocycles. The molecular formula is C30H37F3N4O5. The fraction of sp³-hybridized carbons (Fsp3) is 0.533. The Labute approximate surface area is 243 Å². The van der Waals surface area contributed by atoms with Crippen molar-refractivity contribution < 1.29 is 37.0 Å². The molecule has 12 heteroatoms. The Bertz CT molecular complexity index is 1260. The summed E-state index contributed by atoms with van der Waals surface area (Å²) >= 11 is 0. The summed E-state index contributed by atoms with van der Waals surface area (Å²) < 4.78 is 50.3. The molecule has 2 heterocycles. The third-order valence-corrected chi connectivity index (χ3v) is 7.02. The number of ether oxygens (including phenoxy) is 2. The molecule has 2 aliphatic rings. The van der Waals surface area contributed by atoms with E-state index in [0.29, 0.717) is 37.4 Å². The topological polar surface area (TPSA) is 110 Å². The molecule has 0 spiro atoms. The average molecular weight is 591 g/mol. The van der Waals surface area contributed by atoms with Gasteiger partial charge in [0.2, 0.25) is 0 Å². The first kappa shape index (κ1) is 31.1. The number of pyridine rings is 1. The van der Waals surface area contributed by atoms with E-state index in [1.165, 1.54) is 25.3 Å². The quantitative estimate of drug-likeness (QED) is 0.433. The SMILES string of the molecule is CC(NC(=O)C(F)(F)F)C(Oc1ccc(C(=O)N[C@H]2CCCN(C(=O)OC(C)(C)C)C2)nc1)c1ccc(C2CC2)cc1. The van der Waals surface area contributed by atoms with Crippen LogP contribution in [-0.2, 0) is 9.53 Å². The summed E-state index contributed by atoms with van der Waals surface area (Å²) in [7, 11) is 0. The molecule has 42 heavy (non-hydrogen) atoms. The van der Waals surface area contributed by atoms with Gasteiger partial charge in [-0.25, -0.2) is 9.78 Å². The van der Waals surface area contributed by atoms with E-state index >= 15 is 0 Å². The van der Waals surface area contributed by atoms with E-state index in [-0.39, 0.29) is 17.5 Å². The molecule has 1 aliphatic carbocycles. The highest BCUT2D eigenvalue weighted by Crippen LogP contribution is 2.40. The number of benzene rings is 1. The van der Waals surface area contributed by atoms with Gasteiger partial charge in [-0.15, -0.1) is 0 Å². The van der Waals surface area contributed by atoms with Crippen molar-refractivity contribution in [3.8, 4) is 5.75 Å². The Morgan fingerprint density at radius 3 is 2.29 bits per heavy atom. The van der Waals surface area contributed by atoms with Crippen LogP contribution in [0.5, 0.6) is 5.75 Å². The fourth-order valence-electron chi connectivity index (χ4n) is 4.78. The van der Waals surface area contributed by atoms with E-state index in [2.05, 4.69) is 10.3 Å². The van der Waals surface area contributed by atoms with E-state index in [0.717, 1.165) is 18.4 Å². The first-order valence-electron chi connectivity index (χ1n) is 14.1. The van der Waals surface area contributed by atoms with Crippen LogP contribution in [0.25, 0.3) is 0 Å². The number of likely N-dealkylation sites (tertiary alicyclic amines) is 1. The number of piperidine rings is 1. The number of amides is 3. The standard InChI is InChI=1S/C30H37F3N4O5/c1-18(35-27(39)30(31,32)33)25(21-11-9-20(10-12-21)19-7-8-19)41-23-13-14-24(34-16-23)26(38)36-22-6-5-15-37(17-22)28(40)42-29(2,3)4/h9-14,16,18-19,22,25H,5-8,15,17H2,1-4H3,(H,35,39)(H,36,38)/t18?,22-,25?/m0/s1. The maximum absolute atomic E-state index is 12.9. The Morgan fingerprint density at radius 1 is 1.02 bits per heavy atom. The van der Waals surface area contributed by atoms with Crippen LogP contribution >= 0.6 is 0 Å². The molecule has 0 radical (unpaired) electrons. The van der Waals surface area contributed by atoms with E-state index in [1.54, 1.807) is 37.8 Å². The minimum Gasteiger partial charge on any atom is -0.482 e. The third-order valence-electron chi connectivity index (χ3n) is 7.02. The fourth-order valence-corrected chi connectivity index (χ4v) is 4.78. The molecule has 4 rings (SSSR count). The van der Waals surface area contributed by atoms with Gasteiger partial charge in [0.05, 0.1) is 12.2 Å². The lowest BCUT2D eigenvalue weighted by molar-refractivity contribution is -0.174. The van der Waals surface area contributed by atoms with E-state index < -0.39 is 41.8 Å². The number of carbonyl (C=O) groups is 3. The monoisotopic (exact) mass is 590 g/mol. The summed E-state index contributed by atoms with van der Waals surface area (Å²) in [6.07, 6.45) is -1.51. The predicted molar refractivity (Wildman–Crippen MR) is 148 cm³/mol. The summed E-state index contributed by atoms with van der Waals surface area (Å²) in [4.78, 5) is 42.7. The molecule has 1 aliphatic heterocycles. The zero-order valence-electron chi connectivity index (χ0n) is 24.2. The van der Waals surface area contributed by atoms with Gasteiger partial charge in [0.25, 0.3) is 5.91 Å². The van der Waals surface area contributed by atoms with Crippen molar-refractivity contribution in [2.45, 2.75) is 89.3 Å². The van der Waals surface area contributed by atoms with Gasteiger partial charge in [-0.3, -0.25) is 9.59 Å². The number of nitrogens with zero attached hydrogens (tertiary/aromatic N) is 2. The van der Waals surface area contributed by atoms with Gasteiger partial charge in [0, 0.05) is 19.1 Å². The molecule has 2 N–H and O–H groups in total. The van der Waals surface area contributed by atoms with Crippen molar-refractivity contribution in [3.63, 3.8) is 0 Å². The second-order valence-corrected chi connectivity index (χ2v) is 11.9. The van der Waals surface area contributed by atoms with Crippen LogP contribution in [0.2, 0.25) is 0 Å². The van der Waals surface area contributed by atoms with Crippen LogP contribution in [0.15, 0.2) is 42.6 Å². The largest absolute Gasteiger partial charge is 0.482 e. The minimum absolute atomic E-state index is 0.112. The number of aromatic nitrogens is 1. The maximum atomic E-state index is 12.9. The van der Waals surface area contributed by atoms with Crippen LogP contribution in [-0.4, -0.2) is 64.7 Å². The van der Waals surface area contributed by atoms with Crippen LogP contribution < -0.4 is 15.4 Å². The molecule has 9 nitrogen and oxygen atoms in total. The first-order chi connectivity index (χ1) is 19.7. The van der Waals surface area contributed by atoms with E-state index in [4.69, 9.17) is 9.47 Å². The van der Waals surface area contributed by atoms with Gasteiger partial charge in [-0.05, 0) is 82.6 Å². The van der Waals surface area contributed by atoms with Crippen molar-refractivity contribution >= 4 is 17.9 Å². The Balaban J connectivity index is 1.41. The van der Waals surface area contributed by atoms with Crippen LogP contribution in [0.4, 0.5) is 18.0 Å². The minimum atomic E-state index is -5.03.